The molecule has 1 saturated heterocycles. The summed E-state index contributed by atoms with van der Waals surface area (Å²) in [6.45, 7) is 13.0. The molecule has 1 N–H and O–H groups in total. The number of aromatic nitrogens is 3. The highest BCUT2D eigenvalue weighted by Gasteiger charge is 2.53. The van der Waals surface area contributed by atoms with E-state index in [2.05, 4.69) is 15.6 Å². The van der Waals surface area contributed by atoms with Crippen LogP contribution in [-0.4, -0.2) is 51.1 Å². The van der Waals surface area contributed by atoms with Crippen LogP contribution in [0.3, 0.4) is 0 Å². The molecule has 0 atom stereocenters. The number of ether oxygens (including phenoxy) is 1. The van der Waals surface area contributed by atoms with Crippen molar-refractivity contribution in [2.75, 3.05) is 0 Å². The number of carbonyl (C=O) groups excluding carboxylic acids is 1. The molecule has 0 unspecified atom stereocenters. The minimum Gasteiger partial charge on any atom is -0.444 e. The van der Waals surface area contributed by atoms with Crippen molar-refractivity contribution in [3.63, 3.8) is 0 Å². The maximum Gasteiger partial charge on any atom is 0.525 e. The number of nitrogens with one attached hydrogen (secondary N) is 1. The molecule has 1 amide bonds. The highest BCUT2D eigenvalue weighted by Crippen LogP contribution is 2.39. The van der Waals surface area contributed by atoms with Crippen LogP contribution in [-0.2, 0) is 14.0 Å². The van der Waals surface area contributed by atoms with Crippen LogP contribution in [0.15, 0.2) is 11.9 Å². The van der Waals surface area contributed by atoms with E-state index in [0.29, 0.717) is 5.69 Å². The Morgan fingerprint density at radius 2 is 1.81 bits per heavy atom. The molecule has 2 fully saturated rings. The lowest BCUT2D eigenvalue weighted by Gasteiger charge is -2.32. The van der Waals surface area contributed by atoms with Gasteiger partial charge in [-0.3, -0.25) is 0 Å². The summed E-state index contributed by atoms with van der Waals surface area (Å²) in [7, 11) is -1.05. The van der Waals surface area contributed by atoms with E-state index in [4.69, 9.17) is 14.0 Å². The molecule has 2 aliphatic rings. The molecule has 0 bridgehead atoms. The highest BCUT2D eigenvalue weighted by molar-refractivity contribution is 6.54. The van der Waals surface area contributed by atoms with E-state index in [-0.39, 0.29) is 18.2 Å². The molecular formula is C21H34BFN4O4. The van der Waals surface area contributed by atoms with Gasteiger partial charge in [0.1, 0.15) is 17.0 Å². The van der Waals surface area contributed by atoms with Crippen LogP contribution in [0.1, 0.15) is 85.9 Å². The smallest absolute Gasteiger partial charge is 0.444 e. The zero-order valence-electron chi connectivity index (χ0n) is 19.6. The van der Waals surface area contributed by atoms with E-state index in [0.717, 1.165) is 25.7 Å². The quantitative estimate of drug-likeness (QED) is 0.711. The van der Waals surface area contributed by atoms with Gasteiger partial charge in [-0.1, -0.05) is 5.21 Å². The first-order valence-corrected chi connectivity index (χ1v) is 10.9. The molecule has 1 saturated carbocycles. The molecule has 31 heavy (non-hydrogen) atoms. The van der Waals surface area contributed by atoms with Crippen LogP contribution >= 0.6 is 0 Å². The number of carbonyl (C=O) groups is 1. The van der Waals surface area contributed by atoms with Gasteiger partial charge in [-0.25, -0.2) is 13.9 Å². The number of rotatable bonds is 4. The molecule has 0 aromatic carbocycles. The van der Waals surface area contributed by atoms with Crippen molar-refractivity contribution >= 4 is 19.3 Å². The Labute approximate surface area is 184 Å². The first kappa shape index (κ1) is 23.7. The average molecular weight is 436 g/mol. The van der Waals surface area contributed by atoms with Crippen LogP contribution < -0.4 is 5.32 Å². The summed E-state index contributed by atoms with van der Waals surface area (Å²) in [5.74, 6) is 0. The average Bonchev–Trinajstić information content (AvgIpc) is 3.16. The fourth-order valence-corrected chi connectivity index (χ4v) is 3.66. The maximum absolute atomic E-state index is 14.7. The molecule has 0 spiro atoms. The number of nitrogens with zero attached hydrogens (tertiary/aromatic N) is 3. The lowest BCUT2D eigenvalue weighted by Crippen LogP contribution is -2.41. The summed E-state index contributed by atoms with van der Waals surface area (Å²) in [6, 6.07) is 0.237. The van der Waals surface area contributed by atoms with Gasteiger partial charge in [0.05, 0.1) is 23.4 Å². The van der Waals surface area contributed by atoms with Gasteiger partial charge in [0.2, 0.25) is 0 Å². The van der Waals surface area contributed by atoms with E-state index in [1.54, 1.807) is 10.9 Å². The standard InChI is InChI=1S/C21H34BFN4O4/c1-19(2,3)29-18(28)24-14-8-10-16(11-9-14)27-13-15(25-26-27)12-17(23)22-30-20(4,5)21(6,7)31-22/h12-14,16H,8-11H2,1-7H3,(H,24,28). The van der Waals surface area contributed by atoms with Gasteiger partial charge in [-0.05, 0) is 80.2 Å². The number of amides is 1. The molecule has 1 aromatic rings. The van der Waals surface area contributed by atoms with E-state index >= 15 is 0 Å². The normalized spacial score (nSPS) is 26.1. The molecular weight excluding hydrogens is 402 g/mol. The third-order valence-electron chi connectivity index (χ3n) is 6.08. The minimum absolute atomic E-state index is 0.0785. The van der Waals surface area contributed by atoms with Crippen LogP contribution in [0.4, 0.5) is 9.18 Å². The second-order valence-corrected chi connectivity index (χ2v) is 10.4. The van der Waals surface area contributed by atoms with Gasteiger partial charge in [0.25, 0.3) is 0 Å². The second kappa shape index (κ2) is 8.54. The van der Waals surface area contributed by atoms with Crippen molar-refractivity contribution in [3.05, 3.63) is 17.6 Å². The van der Waals surface area contributed by atoms with Gasteiger partial charge in [0.15, 0.2) is 0 Å². The number of hydrogen-bond donors (Lipinski definition) is 1. The molecule has 1 aliphatic carbocycles. The van der Waals surface area contributed by atoms with Crippen LogP contribution in [0.25, 0.3) is 6.08 Å². The Kier molecular flexibility index (Phi) is 6.53. The van der Waals surface area contributed by atoms with Crippen molar-refractivity contribution in [3.8, 4) is 0 Å². The van der Waals surface area contributed by atoms with Gasteiger partial charge in [-0.2, -0.15) is 0 Å². The van der Waals surface area contributed by atoms with E-state index < -0.39 is 29.6 Å². The first-order valence-electron chi connectivity index (χ1n) is 10.9. The number of halogens is 1. The van der Waals surface area contributed by atoms with E-state index in [9.17, 15) is 9.18 Å². The minimum atomic E-state index is -1.05. The molecule has 3 rings (SSSR count). The molecule has 1 aromatic heterocycles. The predicted molar refractivity (Wildman–Crippen MR) is 116 cm³/mol. The summed E-state index contributed by atoms with van der Waals surface area (Å²) in [4.78, 5) is 12.0. The zero-order chi connectivity index (χ0) is 23.0. The molecule has 10 heteroatoms. The lowest BCUT2D eigenvalue weighted by atomic mass is 9.87. The van der Waals surface area contributed by atoms with Crippen LogP contribution in [0.2, 0.25) is 0 Å². The lowest BCUT2D eigenvalue weighted by molar-refractivity contribution is 0.00578. The van der Waals surface area contributed by atoms with Crippen molar-refractivity contribution in [2.45, 2.75) is 103 Å². The summed E-state index contributed by atoms with van der Waals surface area (Å²) in [5, 5.41) is 11.2. The fourth-order valence-electron chi connectivity index (χ4n) is 3.66. The monoisotopic (exact) mass is 436 g/mol. The zero-order valence-corrected chi connectivity index (χ0v) is 19.6. The summed E-state index contributed by atoms with van der Waals surface area (Å²) in [5.41, 5.74) is -1.84. The second-order valence-electron chi connectivity index (χ2n) is 10.4. The van der Waals surface area contributed by atoms with Crippen molar-refractivity contribution in [1.29, 1.82) is 0 Å². The Morgan fingerprint density at radius 1 is 1.23 bits per heavy atom. The van der Waals surface area contributed by atoms with Crippen molar-refractivity contribution in [2.24, 2.45) is 0 Å². The maximum atomic E-state index is 14.7. The molecule has 0 radical (unpaired) electrons. The van der Waals surface area contributed by atoms with Gasteiger partial charge < -0.3 is 19.4 Å². The summed E-state index contributed by atoms with van der Waals surface area (Å²) < 4.78 is 33.3. The Bertz CT molecular complexity index is 810. The van der Waals surface area contributed by atoms with Crippen molar-refractivity contribution in [1.82, 2.24) is 20.3 Å². The third kappa shape index (κ3) is 5.86. The summed E-state index contributed by atoms with van der Waals surface area (Å²) in [6.07, 6.45) is 5.97. The Balaban J connectivity index is 1.54. The Morgan fingerprint density at radius 3 is 2.35 bits per heavy atom. The van der Waals surface area contributed by atoms with Crippen LogP contribution in [0, 0.1) is 0 Å². The fraction of sp³-hybridized carbons (Fsp3) is 0.762. The third-order valence-corrected chi connectivity index (χ3v) is 6.08. The molecule has 172 valence electrons. The molecule has 2 heterocycles. The molecule has 1 aliphatic heterocycles. The largest absolute Gasteiger partial charge is 0.525 e. The summed E-state index contributed by atoms with van der Waals surface area (Å²) >= 11 is 0. The topological polar surface area (TPSA) is 87.5 Å². The highest BCUT2D eigenvalue weighted by atomic mass is 19.1. The van der Waals surface area contributed by atoms with Gasteiger partial charge in [0, 0.05) is 6.04 Å². The Hall–Kier alpha value is -1.94. The SMILES string of the molecule is CC(C)(C)OC(=O)NC1CCC(n2cc(C=C(F)B3OC(C)(C)C(C)(C)O3)nn2)CC1. The number of alkyl carbamates (subject to hydrolysis) is 1. The van der Waals surface area contributed by atoms with Crippen LogP contribution in [0.5, 0.6) is 0 Å². The number of hydrogen-bond acceptors (Lipinski definition) is 6. The predicted octanol–water partition coefficient (Wildman–Crippen LogP) is 4.23. The van der Waals surface area contributed by atoms with E-state index in [1.165, 1.54) is 6.08 Å². The van der Waals surface area contributed by atoms with Crippen molar-refractivity contribution < 1.29 is 23.2 Å². The van der Waals surface area contributed by atoms with Gasteiger partial charge >= 0.3 is 13.2 Å². The van der Waals surface area contributed by atoms with E-state index in [1.807, 2.05) is 48.5 Å². The molecule has 8 nitrogen and oxygen atoms in total. The van der Waals surface area contributed by atoms with Gasteiger partial charge in [-0.15, -0.1) is 5.10 Å². The first-order chi connectivity index (χ1) is 14.3.